The smallest absolute Gasteiger partial charge is 0.255 e. The fraction of sp³-hybridized carbons (Fsp3) is 0.133. The van der Waals surface area contributed by atoms with Gasteiger partial charge in [-0.2, -0.15) is 0 Å². The van der Waals surface area contributed by atoms with E-state index in [1.807, 2.05) is 32.0 Å². The molecule has 0 heterocycles. The Hall–Kier alpha value is -1.32. The molecule has 0 aliphatic heterocycles. The summed E-state index contributed by atoms with van der Waals surface area (Å²) < 4.78 is 0.924. The van der Waals surface area contributed by atoms with E-state index >= 15 is 0 Å². The molecule has 0 unspecified atom stereocenters. The average molecular weight is 339 g/mol. The lowest BCUT2D eigenvalue weighted by Gasteiger charge is -2.09. The number of nitrogens with one attached hydrogen (secondary N) is 1. The molecule has 0 aliphatic carbocycles. The molecule has 0 bridgehead atoms. The highest BCUT2D eigenvalue weighted by molar-refractivity contribution is 9.10. The quantitative estimate of drug-likeness (QED) is 0.823. The van der Waals surface area contributed by atoms with E-state index in [0.717, 1.165) is 21.3 Å². The minimum atomic E-state index is -0.133. The van der Waals surface area contributed by atoms with Gasteiger partial charge in [-0.25, -0.2) is 0 Å². The van der Waals surface area contributed by atoms with Gasteiger partial charge >= 0.3 is 0 Å². The zero-order valence-corrected chi connectivity index (χ0v) is 13.0. The van der Waals surface area contributed by atoms with E-state index in [2.05, 4.69) is 21.2 Å². The number of amides is 1. The van der Waals surface area contributed by atoms with Gasteiger partial charge in [-0.1, -0.05) is 33.6 Å². The second kappa shape index (κ2) is 5.76. The van der Waals surface area contributed by atoms with Crippen molar-refractivity contribution in [3.8, 4) is 0 Å². The molecule has 1 amide bonds. The van der Waals surface area contributed by atoms with Gasteiger partial charge in [0.1, 0.15) is 0 Å². The van der Waals surface area contributed by atoms with Crippen molar-refractivity contribution in [3.05, 3.63) is 62.6 Å². The number of benzene rings is 2. The van der Waals surface area contributed by atoms with Crippen LogP contribution in [0.2, 0.25) is 5.02 Å². The molecular weight excluding hydrogens is 326 g/mol. The lowest BCUT2D eigenvalue weighted by molar-refractivity contribution is 0.102. The first kappa shape index (κ1) is 14.1. The molecule has 2 rings (SSSR count). The molecule has 19 heavy (non-hydrogen) atoms. The first-order valence-electron chi connectivity index (χ1n) is 5.81. The van der Waals surface area contributed by atoms with Crippen LogP contribution < -0.4 is 5.32 Å². The summed E-state index contributed by atoms with van der Waals surface area (Å²) in [6.45, 7) is 3.89. The Bertz CT molecular complexity index is 640. The van der Waals surface area contributed by atoms with Crippen molar-refractivity contribution in [3.63, 3.8) is 0 Å². The van der Waals surface area contributed by atoms with E-state index in [-0.39, 0.29) is 5.91 Å². The van der Waals surface area contributed by atoms with Crippen molar-refractivity contribution in [1.29, 1.82) is 0 Å². The van der Waals surface area contributed by atoms with Gasteiger partial charge in [0.2, 0.25) is 0 Å². The third kappa shape index (κ3) is 3.37. The number of carbonyl (C=O) groups excluding carboxylic acids is 1. The zero-order chi connectivity index (χ0) is 14.0. The van der Waals surface area contributed by atoms with Gasteiger partial charge in [-0.3, -0.25) is 4.79 Å². The van der Waals surface area contributed by atoms with Crippen LogP contribution in [0, 0.1) is 13.8 Å². The summed E-state index contributed by atoms with van der Waals surface area (Å²) in [5.41, 5.74) is 3.42. The SMILES string of the molecule is Cc1ccc(C(=O)Nc2ccc(Cl)cc2C)cc1Br. The van der Waals surface area contributed by atoms with Crippen LogP contribution in [0.15, 0.2) is 40.9 Å². The second-order valence-electron chi connectivity index (χ2n) is 4.38. The molecule has 0 aromatic heterocycles. The third-order valence-electron chi connectivity index (χ3n) is 2.87. The molecule has 0 atom stereocenters. The van der Waals surface area contributed by atoms with Crippen LogP contribution in [-0.2, 0) is 0 Å². The van der Waals surface area contributed by atoms with Crippen LogP contribution in [-0.4, -0.2) is 5.91 Å². The fourth-order valence-corrected chi connectivity index (χ4v) is 2.30. The second-order valence-corrected chi connectivity index (χ2v) is 5.67. The maximum Gasteiger partial charge on any atom is 0.255 e. The third-order valence-corrected chi connectivity index (χ3v) is 3.96. The van der Waals surface area contributed by atoms with Crippen molar-refractivity contribution < 1.29 is 4.79 Å². The molecule has 0 fully saturated rings. The molecular formula is C15H13BrClNO. The van der Waals surface area contributed by atoms with E-state index in [9.17, 15) is 4.79 Å². The number of hydrogen-bond donors (Lipinski definition) is 1. The number of halogens is 2. The van der Waals surface area contributed by atoms with Crippen LogP contribution in [0.1, 0.15) is 21.5 Å². The molecule has 2 aromatic carbocycles. The van der Waals surface area contributed by atoms with Crippen LogP contribution in [0.3, 0.4) is 0 Å². The van der Waals surface area contributed by atoms with Crippen molar-refractivity contribution in [2.24, 2.45) is 0 Å². The highest BCUT2D eigenvalue weighted by Gasteiger charge is 2.09. The van der Waals surface area contributed by atoms with Crippen molar-refractivity contribution in [2.75, 3.05) is 5.32 Å². The van der Waals surface area contributed by atoms with Gasteiger partial charge in [0.25, 0.3) is 5.91 Å². The summed E-state index contributed by atoms with van der Waals surface area (Å²) >= 11 is 9.32. The van der Waals surface area contributed by atoms with Crippen LogP contribution in [0.5, 0.6) is 0 Å². The minimum absolute atomic E-state index is 0.133. The maximum absolute atomic E-state index is 12.1. The van der Waals surface area contributed by atoms with E-state index in [4.69, 9.17) is 11.6 Å². The predicted molar refractivity (Wildman–Crippen MR) is 83.0 cm³/mol. The molecule has 0 aliphatic rings. The Morgan fingerprint density at radius 1 is 1.11 bits per heavy atom. The average Bonchev–Trinajstić information content (AvgIpc) is 2.36. The summed E-state index contributed by atoms with van der Waals surface area (Å²) in [4.78, 5) is 12.1. The summed E-state index contributed by atoms with van der Waals surface area (Å²) in [7, 11) is 0. The summed E-state index contributed by atoms with van der Waals surface area (Å²) in [6.07, 6.45) is 0. The fourth-order valence-electron chi connectivity index (χ4n) is 1.70. The largest absolute Gasteiger partial charge is 0.322 e. The Labute approximate surface area is 125 Å². The molecule has 0 saturated carbocycles. The molecule has 1 N–H and O–H groups in total. The summed E-state index contributed by atoms with van der Waals surface area (Å²) in [5, 5.41) is 3.54. The van der Waals surface area contributed by atoms with Gasteiger partial charge in [0, 0.05) is 20.7 Å². The molecule has 4 heteroatoms. The molecule has 98 valence electrons. The Balaban J connectivity index is 2.23. The highest BCUT2D eigenvalue weighted by Crippen LogP contribution is 2.22. The number of carbonyl (C=O) groups is 1. The lowest BCUT2D eigenvalue weighted by atomic mass is 10.1. The monoisotopic (exact) mass is 337 g/mol. The standard InChI is InChI=1S/C15H13BrClNO/c1-9-3-4-11(8-13(9)16)15(19)18-14-6-5-12(17)7-10(14)2/h3-8H,1-2H3,(H,18,19). The Morgan fingerprint density at radius 3 is 2.47 bits per heavy atom. The maximum atomic E-state index is 12.1. The molecule has 2 nitrogen and oxygen atoms in total. The Kier molecular flexibility index (Phi) is 4.27. The van der Waals surface area contributed by atoms with Gasteiger partial charge in [0.15, 0.2) is 0 Å². The van der Waals surface area contributed by atoms with Crippen molar-refractivity contribution in [2.45, 2.75) is 13.8 Å². The lowest BCUT2D eigenvalue weighted by Crippen LogP contribution is -2.12. The van der Waals surface area contributed by atoms with Crippen LogP contribution in [0.4, 0.5) is 5.69 Å². The van der Waals surface area contributed by atoms with Crippen LogP contribution in [0.25, 0.3) is 0 Å². The number of rotatable bonds is 2. The number of hydrogen-bond acceptors (Lipinski definition) is 1. The van der Waals surface area contributed by atoms with E-state index in [1.54, 1.807) is 18.2 Å². The molecule has 0 saturated heterocycles. The predicted octanol–water partition coefficient (Wildman–Crippen LogP) is 4.97. The van der Waals surface area contributed by atoms with Gasteiger partial charge in [-0.05, 0) is 55.3 Å². The van der Waals surface area contributed by atoms with Crippen molar-refractivity contribution >= 4 is 39.1 Å². The first-order chi connectivity index (χ1) is 8.97. The molecule has 0 spiro atoms. The van der Waals surface area contributed by atoms with Crippen molar-refractivity contribution in [1.82, 2.24) is 0 Å². The molecule has 0 radical (unpaired) electrons. The zero-order valence-electron chi connectivity index (χ0n) is 10.6. The summed E-state index contributed by atoms with van der Waals surface area (Å²) in [6, 6.07) is 10.9. The minimum Gasteiger partial charge on any atom is -0.322 e. The van der Waals surface area contributed by atoms with E-state index in [1.165, 1.54) is 0 Å². The van der Waals surface area contributed by atoms with Gasteiger partial charge < -0.3 is 5.32 Å². The Morgan fingerprint density at radius 2 is 1.84 bits per heavy atom. The molecule has 2 aromatic rings. The summed E-state index contributed by atoms with van der Waals surface area (Å²) in [5.74, 6) is -0.133. The van der Waals surface area contributed by atoms with Gasteiger partial charge in [0.05, 0.1) is 0 Å². The van der Waals surface area contributed by atoms with Crippen LogP contribution >= 0.6 is 27.5 Å². The van der Waals surface area contributed by atoms with Gasteiger partial charge in [-0.15, -0.1) is 0 Å². The topological polar surface area (TPSA) is 29.1 Å². The first-order valence-corrected chi connectivity index (χ1v) is 6.98. The number of anilines is 1. The van der Waals surface area contributed by atoms with E-state index < -0.39 is 0 Å². The normalized spacial score (nSPS) is 10.3. The highest BCUT2D eigenvalue weighted by atomic mass is 79.9. The number of aryl methyl sites for hydroxylation is 2. The van der Waals surface area contributed by atoms with E-state index in [0.29, 0.717) is 10.6 Å².